The number of ether oxygens (including phenoxy) is 1. The molecule has 1 amide bonds. The van der Waals surface area contributed by atoms with Crippen molar-refractivity contribution >= 4 is 45.8 Å². The van der Waals surface area contributed by atoms with Gasteiger partial charge in [-0.1, -0.05) is 17.7 Å². The first-order valence-electron chi connectivity index (χ1n) is 7.04. The van der Waals surface area contributed by atoms with Crippen LogP contribution in [0.5, 0.6) is 11.5 Å². The SMILES string of the molecule is COc1cc(C2C(Cl)C(=O)N2c2ccc(C)cc2)cc(I)c1O. The Kier molecular flexibility index (Phi) is 4.42. The lowest BCUT2D eigenvalue weighted by atomic mass is 9.92. The van der Waals surface area contributed by atoms with Crippen LogP contribution in [0.2, 0.25) is 0 Å². The number of aryl methyl sites for hydroxylation is 1. The zero-order chi connectivity index (χ0) is 16.7. The molecule has 0 saturated carbocycles. The zero-order valence-electron chi connectivity index (χ0n) is 12.6. The highest BCUT2D eigenvalue weighted by molar-refractivity contribution is 14.1. The Balaban J connectivity index is 2.02. The number of alkyl halides is 1. The van der Waals surface area contributed by atoms with Crippen molar-refractivity contribution in [3.8, 4) is 11.5 Å². The second kappa shape index (κ2) is 6.20. The number of hydrogen-bond donors (Lipinski definition) is 1. The standard InChI is InChI=1S/C17H15ClINO3/c1-9-3-5-11(6-4-9)20-15(14(18)17(20)22)10-7-12(19)16(21)13(8-10)23-2/h3-8,14-15,21H,1-2H3. The Hall–Kier alpha value is -1.47. The van der Waals surface area contributed by atoms with Gasteiger partial charge in [-0.15, -0.1) is 11.6 Å². The molecule has 2 aromatic carbocycles. The van der Waals surface area contributed by atoms with Gasteiger partial charge in [-0.3, -0.25) is 4.79 Å². The van der Waals surface area contributed by atoms with Gasteiger partial charge in [0, 0.05) is 5.69 Å². The van der Waals surface area contributed by atoms with Crippen LogP contribution in [-0.4, -0.2) is 23.5 Å². The van der Waals surface area contributed by atoms with Crippen LogP contribution in [-0.2, 0) is 4.79 Å². The largest absolute Gasteiger partial charge is 0.504 e. The zero-order valence-corrected chi connectivity index (χ0v) is 15.5. The van der Waals surface area contributed by atoms with E-state index >= 15 is 0 Å². The molecule has 1 N–H and O–H groups in total. The molecule has 120 valence electrons. The van der Waals surface area contributed by atoms with Gasteiger partial charge in [0.2, 0.25) is 5.91 Å². The Bertz CT molecular complexity index is 763. The minimum absolute atomic E-state index is 0.0931. The van der Waals surface area contributed by atoms with Crippen LogP contribution in [0.15, 0.2) is 36.4 Å². The third-order valence-electron chi connectivity index (χ3n) is 3.95. The van der Waals surface area contributed by atoms with Gasteiger partial charge in [-0.05, 0) is 59.3 Å². The topological polar surface area (TPSA) is 49.8 Å². The quantitative estimate of drug-likeness (QED) is 0.443. The monoisotopic (exact) mass is 443 g/mol. The Morgan fingerprint density at radius 1 is 1.26 bits per heavy atom. The van der Waals surface area contributed by atoms with Crippen molar-refractivity contribution in [1.29, 1.82) is 0 Å². The summed E-state index contributed by atoms with van der Waals surface area (Å²) in [4.78, 5) is 13.9. The van der Waals surface area contributed by atoms with Crippen molar-refractivity contribution in [3.63, 3.8) is 0 Å². The molecule has 0 aliphatic carbocycles. The van der Waals surface area contributed by atoms with Gasteiger partial charge in [0.25, 0.3) is 0 Å². The van der Waals surface area contributed by atoms with E-state index < -0.39 is 5.38 Å². The molecule has 2 atom stereocenters. The van der Waals surface area contributed by atoms with E-state index in [2.05, 4.69) is 0 Å². The number of methoxy groups -OCH3 is 1. The number of hydrogen-bond acceptors (Lipinski definition) is 3. The van der Waals surface area contributed by atoms with E-state index in [1.165, 1.54) is 7.11 Å². The average Bonchev–Trinajstić information content (AvgIpc) is 2.55. The number of phenols is 1. The predicted octanol–water partition coefficient (Wildman–Crippen LogP) is 4.01. The fraction of sp³-hybridized carbons (Fsp3) is 0.235. The summed E-state index contributed by atoms with van der Waals surface area (Å²) in [5.74, 6) is 0.344. The first-order valence-corrected chi connectivity index (χ1v) is 8.55. The number of nitrogens with zero attached hydrogens (tertiary/aromatic N) is 1. The molecule has 3 rings (SSSR count). The van der Waals surface area contributed by atoms with Crippen LogP contribution in [0.3, 0.4) is 0 Å². The van der Waals surface area contributed by atoms with Crippen molar-refractivity contribution in [1.82, 2.24) is 0 Å². The fourth-order valence-electron chi connectivity index (χ4n) is 2.69. The number of carbonyl (C=O) groups is 1. The molecule has 1 heterocycles. The van der Waals surface area contributed by atoms with Crippen LogP contribution in [0.1, 0.15) is 17.2 Å². The molecular formula is C17H15ClINO3. The summed E-state index contributed by atoms with van der Waals surface area (Å²) in [6.07, 6.45) is 0. The first-order chi connectivity index (χ1) is 10.9. The van der Waals surface area contributed by atoms with Crippen molar-refractivity contribution in [3.05, 3.63) is 51.1 Å². The van der Waals surface area contributed by atoms with Crippen LogP contribution in [0.4, 0.5) is 5.69 Å². The summed E-state index contributed by atoms with van der Waals surface area (Å²) in [5.41, 5.74) is 2.77. The third kappa shape index (κ3) is 2.76. The summed E-state index contributed by atoms with van der Waals surface area (Å²) >= 11 is 8.30. The molecule has 1 aliphatic rings. The van der Waals surface area contributed by atoms with Crippen LogP contribution < -0.4 is 9.64 Å². The number of halogens is 2. The van der Waals surface area contributed by atoms with Crippen molar-refractivity contribution < 1.29 is 14.6 Å². The van der Waals surface area contributed by atoms with E-state index in [1.807, 2.05) is 59.8 Å². The van der Waals surface area contributed by atoms with Crippen molar-refractivity contribution in [2.75, 3.05) is 12.0 Å². The Morgan fingerprint density at radius 3 is 2.52 bits per heavy atom. The lowest BCUT2D eigenvalue weighted by molar-refractivity contribution is -0.123. The fourth-order valence-corrected chi connectivity index (χ4v) is 3.67. The highest BCUT2D eigenvalue weighted by atomic mass is 127. The first kappa shape index (κ1) is 16.4. The molecule has 4 nitrogen and oxygen atoms in total. The maximum atomic E-state index is 12.2. The number of aromatic hydroxyl groups is 1. The molecule has 6 heteroatoms. The predicted molar refractivity (Wildman–Crippen MR) is 98.4 cm³/mol. The molecule has 0 aromatic heterocycles. The van der Waals surface area contributed by atoms with E-state index in [1.54, 1.807) is 11.0 Å². The third-order valence-corrected chi connectivity index (χ3v) is 5.20. The molecule has 2 aromatic rings. The van der Waals surface area contributed by atoms with Gasteiger partial charge < -0.3 is 14.7 Å². The summed E-state index contributed by atoms with van der Waals surface area (Å²) < 4.78 is 5.86. The normalized spacial score (nSPS) is 20.3. The number of anilines is 1. The maximum absolute atomic E-state index is 12.2. The number of β-lactam (4-membered cyclic amide) rings is 1. The van der Waals surface area contributed by atoms with Gasteiger partial charge in [0.1, 0.15) is 5.38 Å². The van der Waals surface area contributed by atoms with Gasteiger partial charge in [-0.25, -0.2) is 0 Å². The minimum atomic E-state index is -0.624. The summed E-state index contributed by atoms with van der Waals surface area (Å²) in [5, 5.41) is 9.36. The minimum Gasteiger partial charge on any atom is -0.504 e. The lowest BCUT2D eigenvalue weighted by Gasteiger charge is -2.44. The Morgan fingerprint density at radius 2 is 1.91 bits per heavy atom. The van der Waals surface area contributed by atoms with Gasteiger partial charge in [0.15, 0.2) is 11.5 Å². The van der Waals surface area contributed by atoms with Crippen molar-refractivity contribution in [2.45, 2.75) is 18.3 Å². The number of rotatable bonds is 3. The summed E-state index contributed by atoms with van der Waals surface area (Å²) in [6.45, 7) is 2.00. The van der Waals surface area contributed by atoms with Gasteiger partial charge in [-0.2, -0.15) is 0 Å². The summed E-state index contributed by atoms with van der Waals surface area (Å²) in [6, 6.07) is 11.0. The highest BCUT2D eigenvalue weighted by Gasteiger charge is 2.48. The molecule has 1 aliphatic heterocycles. The smallest absolute Gasteiger partial charge is 0.248 e. The molecule has 1 fully saturated rings. The highest BCUT2D eigenvalue weighted by Crippen LogP contribution is 2.45. The second-order valence-electron chi connectivity index (χ2n) is 5.44. The van der Waals surface area contributed by atoms with Gasteiger partial charge in [0.05, 0.1) is 16.7 Å². The average molecular weight is 444 g/mol. The second-order valence-corrected chi connectivity index (χ2v) is 7.08. The van der Waals surface area contributed by atoms with E-state index in [4.69, 9.17) is 16.3 Å². The summed E-state index contributed by atoms with van der Waals surface area (Å²) in [7, 11) is 1.50. The molecule has 0 radical (unpaired) electrons. The molecule has 0 bridgehead atoms. The van der Waals surface area contributed by atoms with Crippen LogP contribution in [0, 0.1) is 10.5 Å². The van der Waals surface area contributed by atoms with Crippen molar-refractivity contribution in [2.24, 2.45) is 0 Å². The van der Waals surface area contributed by atoms with E-state index in [0.717, 1.165) is 16.8 Å². The van der Waals surface area contributed by atoms with E-state index in [0.29, 0.717) is 9.32 Å². The maximum Gasteiger partial charge on any atom is 0.248 e. The number of amides is 1. The number of benzene rings is 2. The lowest BCUT2D eigenvalue weighted by Crippen LogP contribution is -2.56. The van der Waals surface area contributed by atoms with Crippen LogP contribution >= 0.6 is 34.2 Å². The number of phenolic OH excluding ortho intramolecular Hbond substituents is 1. The molecule has 1 saturated heterocycles. The van der Waals surface area contributed by atoms with Crippen LogP contribution in [0.25, 0.3) is 0 Å². The molecule has 23 heavy (non-hydrogen) atoms. The van der Waals surface area contributed by atoms with Gasteiger partial charge >= 0.3 is 0 Å². The Labute approximate surface area is 153 Å². The molecular weight excluding hydrogens is 429 g/mol. The van der Waals surface area contributed by atoms with E-state index in [9.17, 15) is 9.90 Å². The number of carbonyl (C=O) groups excluding carboxylic acids is 1. The molecule has 0 spiro atoms. The van der Waals surface area contributed by atoms with E-state index in [-0.39, 0.29) is 17.7 Å². The molecule has 2 unspecified atom stereocenters.